The van der Waals surface area contributed by atoms with E-state index in [1.54, 1.807) is 7.05 Å². The van der Waals surface area contributed by atoms with Gasteiger partial charge in [-0.25, -0.2) is 4.79 Å². The number of aliphatic hydroxyl groups is 1. The number of ether oxygens (including phenoxy) is 1. The Morgan fingerprint density at radius 2 is 2.00 bits per heavy atom. The molecule has 8 heteroatoms. The minimum Gasteiger partial charge on any atom is -0.491 e. The number of alkyl halides is 3. The number of hydrogen-bond acceptors (Lipinski definition) is 3. The van der Waals surface area contributed by atoms with Crippen LogP contribution in [0.4, 0.5) is 18.0 Å². The minimum atomic E-state index is -4.39. The summed E-state index contributed by atoms with van der Waals surface area (Å²) in [6, 6.07) is 4.18. The van der Waals surface area contributed by atoms with Gasteiger partial charge in [-0.2, -0.15) is 13.2 Å². The molecule has 0 heterocycles. The van der Waals surface area contributed by atoms with Gasteiger partial charge < -0.3 is 20.1 Å². The Balaban J connectivity index is 1.74. The summed E-state index contributed by atoms with van der Waals surface area (Å²) in [7, 11) is 1.55. The second-order valence-electron chi connectivity index (χ2n) is 5.59. The number of halogens is 3. The standard InChI is InChI=1S/C15H19F3N2O3/c1-20(14(22)19-11-4-5-11)8-12(21)9-23-13-6-2-10(3-7-13)15(16,17)18/h2-3,6-7,11-12,21H,4-5,8-9H2,1H3,(H,19,22). The molecule has 1 saturated carbocycles. The van der Waals surface area contributed by atoms with Gasteiger partial charge in [0.1, 0.15) is 18.5 Å². The molecule has 2 N–H and O–H groups in total. The zero-order chi connectivity index (χ0) is 17.0. The van der Waals surface area contributed by atoms with Crippen LogP contribution in [0.1, 0.15) is 18.4 Å². The summed E-state index contributed by atoms with van der Waals surface area (Å²) < 4.78 is 42.5. The number of hydrogen-bond donors (Lipinski definition) is 2. The lowest BCUT2D eigenvalue weighted by atomic mass is 10.2. The maximum absolute atomic E-state index is 12.4. The summed E-state index contributed by atoms with van der Waals surface area (Å²) in [5.41, 5.74) is -0.762. The highest BCUT2D eigenvalue weighted by atomic mass is 19.4. The Bertz CT molecular complexity index is 530. The predicted octanol–water partition coefficient (Wildman–Crippen LogP) is 2.25. The van der Waals surface area contributed by atoms with E-state index in [9.17, 15) is 23.1 Å². The SMILES string of the molecule is CN(CC(O)COc1ccc(C(F)(F)F)cc1)C(=O)NC1CC1. The molecule has 1 aromatic carbocycles. The van der Waals surface area contributed by atoms with Crippen molar-refractivity contribution >= 4 is 6.03 Å². The molecule has 128 valence electrons. The molecule has 1 atom stereocenters. The molecule has 2 rings (SSSR count). The van der Waals surface area contributed by atoms with Crippen molar-refractivity contribution in [3.63, 3.8) is 0 Å². The smallest absolute Gasteiger partial charge is 0.416 e. The van der Waals surface area contributed by atoms with Gasteiger partial charge in [-0.3, -0.25) is 0 Å². The van der Waals surface area contributed by atoms with E-state index in [0.29, 0.717) is 0 Å². The van der Waals surface area contributed by atoms with Crippen LogP contribution in [0.3, 0.4) is 0 Å². The van der Waals surface area contributed by atoms with Gasteiger partial charge in [0, 0.05) is 13.1 Å². The third kappa shape index (κ3) is 5.63. The van der Waals surface area contributed by atoms with Gasteiger partial charge in [0.05, 0.1) is 12.1 Å². The van der Waals surface area contributed by atoms with Crippen molar-refractivity contribution in [1.29, 1.82) is 0 Å². The van der Waals surface area contributed by atoms with Crippen LogP contribution in [0.25, 0.3) is 0 Å². The number of carbonyl (C=O) groups is 1. The Labute approximate surface area is 132 Å². The van der Waals surface area contributed by atoms with Crippen molar-refractivity contribution in [2.24, 2.45) is 0 Å². The molecule has 0 saturated heterocycles. The first-order valence-electron chi connectivity index (χ1n) is 7.25. The molecule has 0 radical (unpaired) electrons. The predicted molar refractivity (Wildman–Crippen MR) is 77.1 cm³/mol. The first kappa shape index (κ1) is 17.4. The highest BCUT2D eigenvalue weighted by Gasteiger charge is 2.30. The average molecular weight is 332 g/mol. The van der Waals surface area contributed by atoms with Crippen LogP contribution >= 0.6 is 0 Å². The molecule has 2 amide bonds. The molecule has 23 heavy (non-hydrogen) atoms. The second-order valence-corrected chi connectivity index (χ2v) is 5.59. The Kier molecular flexibility index (Phi) is 5.35. The first-order chi connectivity index (χ1) is 10.8. The topological polar surface area (TPSA) is 61.8 Å². The van der Waals surface area contributed by atoms with Crippen LogP contribution in [0.2, 0.25) is 0 Å². The Hall–Kier alpha value is -1.96. The van der Waals surface area contributed by atoms with Gasteiger partial charge in [-0.05, 0) is 37.1 Å². The Morgan fingerprint density at radius 3 is 2.52 bits per heavy atom. The molecule has 0 spiro atoms. The third-order valence-corrected chi connectivity index (χ3v) is 3.36. The summed E-state index contributed by atoms with van der Waals surface area (Å²) in [6.45, 7) is -0.0500. The molecule has 0 aromatic heterocycles. The molecule has 5 nitrogen and oxygen atoms in total. The van der Waals surface area contributed by atoms with Crippen molar-refractivity contribution < 1.29 is 27.8 Å². The maximum Gasteiger partial charge on any atom is 0.416 e. The Morgan fingerprint density at radius 1 is 1.39 bits per heavy atom. The van der Waals surface area contributed by atoms with Gasteiger partial charge in [-0.1, -0.05) is 0 Å². The largest absolute Gasteiger partial charge is 0.491 e. The van der Waals surface area contributed by atoms with E-state index in [1.807, 2.05) is 0 Å². The fourth-order valence-corrected chi connectivity index (χ4v) is 1.90. The third-order valence-electron chi connectivity index (χ3n) is 3.36. The van der Waals surface area contributed by atoms with Crippen LogP contribution in [0, 0.1) is 0 Å². The van der Waals surface area contributed by atoms with Crippen LogP contribution in [-0.2, 0) is 6.18 Å². The van der Waals surface area contributed by atoms with Crippen molar-refractivity contribution in [2.75, 3.05) is 20.2 Å². The number of rotatable bonds is 6. The normalized spacial score (nSPS) is 15.9. The molecular formula is C15H19F3N2O3. The van der Waals surface area contributed by atoms with Crippen LogP contribution in [0.15, 0.2) is 24.3 Å². The van der Waals surface area contributed by atoms with E-state index in [-0.39, 0.29) is 31.0 Å². The maximum atomic E-state index is 12.4. The van der Waals surface area contributed by atoms with Gasteiger partial charge in [0.2, 0.25) is 0 Å². The van der Waals surface area contributed by atoms with Crippen molar-refractivity contribution in [3.05, 3.63) is 29.8 Å². The van der Waals surface area contributed by atoms with Crippen molar-refractivity contribution in [2.45, 2.75) is 31.2 Å². The highest BCUT2D eigenvalue weighted by Crippen LogP contribution is 2.30. The number of benzene rings is 1. The van der Waals surface area contributed by atoms with Gasteiger partial charge in [0.25, 0.3) is 0 Å². The fourth-order valence-electron chi connectivity index (χ4n) is 1.90. The van der Waals surface area contributed by atoms with Crippen LogP contribution in [-0.4, -0.2) is 48.4 Å². The molecule has 1 aliphatic carbocycles. The summed E-state index contributed by atoms with van der Waals surface area (Å²) in [6.07, 6.45) is -3.39. The van der Waals surface area contributed by atoms with E-state index in [4.69, 9.17) is 4.74 Å². The van der Waals surface area contributed by atoms with Crippen LogP contribution < -0.4 is 10.1 Å². The quantitative estimate of drug-likeness (QED) is 0.840. The number of amides is 2. The molecule has 0 bridgehead atoms. The first-order valence-corrected chi connectivity index (χ1v) is 7.25. The van der Waals surface area contributed by atoms with Gasteiger partial charge in [-0.15, -0.1) is 0 Å². The molecule has 0 aliphatic heterocycles. The summed E-state index contributed by atoms with van der Waals surface area (Å²) >= 11 is 0. The molecule has 1 fully saturated rings. The highest BCUT2D eigenvalue weighted by molar-refractivity contribution is 5.74. The number of aliphatic hydroxyl groups excluding tert-OH is 1. The fraction of sp³-hybridized carbons (Fsp3) is 0.533. The number of likely N-dealkylation sites (N-methyl/N-ethyl adjacent to an activating group) is 1. The minimum absolute atomic E-state index is 0.0686. The van der Waals surface area contributed by atoms with Crippen molar-refractivity contribution in [3.8, 4) is 5.75 Å². The molecule has 1 unspecified atom stereocenters. The molecule has 1 aromatic rings. The van der Waals surface area contributed by atoms with Crippen molar-refractivity contribution in [1.82, 2.24) is 10.2 Å². The lowest BCUT2D eigenvalue weighted by Gasteiger charge is -2.21. The van der Waals surface area contributed by atoms with E-state index in [0.717, 1.165) is 25.0 Å². The lowest BCUT2D eigenvalue weighted by molar-refractivity contribution is -0.137. The van der Waals surface area contributed by atoms with Gasteiger partial charge >= 0.3 is 12.2 Å². The van der Waals surface area contributed by atoms with Crippen LogP contribution in [0.5, 0.6) is 5.75 Å². The molecule has 1 aliphatic rings. The number of carbonyl (C=O) groups excluding carboxylic acids is 1. The van der Waals surface area contributed by atoms with E-state index in [2.05, 4.69) is 5.32 Å². The summed E-state index contributed by atoms with van der Waals surface area (Å²) in [5.74, 6) is 0.224. The summed E-state index contributed by atoms with van der Waals surface area (Å²) in [4.78, 5) is 13.0. The summed E-state index contributed by atoms with van der Waals surface area (Å²) in [5, 5.41) is 12.6. The zero-order valence-corrected chi connectivity index (χ0v) is 12.6. The van der Waals surface area contributed by atoms with E-state index in [1.165, 1.54) is 17.0 Å². The second kappa shape index (κ2) is 7.08. The zero-order valence-electron chi connectivity index (χ0n) is 12.6. The number of nitrogens with one attached hydrogen (secondary N) is 1. The number of nitrogens with zero attached hydrogens (tertiary/aromatic N) is 1. The van der Waals surface area contributed by atoms with Gasteiger partial charge in [0.15, 0.2) is 0 Å². The number of urea groups is 1. The molecular weight excluding hydrogens is 313 g/mol. The van der Waals surface area contributed by atoms with E-state index < -0.39 is 17.8 Å². The average Bonchev–Trinajstić information content (AvgIpc) is 3.28. The van der Waals surface area contributed by atoms with E-state index >= 15 is 0 Å². The monoisotopic (exact) mass is 332 g/mol. The lowest BCUT2D eigenvalue weighted by Crippen LogP contribution is -2.43.